The predicted molar refractivity (Wildman–Crippen MR) is 126 cm³/mol. The first-order valence-corrected chi connectivity index (χ1v) is 12.8. The minimum atomic E-state index is -3.95. The molecule has 178 valence electrons. The second-order valence-corrected chi connectivity index (χ2v) is 10.7. The van der Waals surface area contributed by atoms with E-state index >= 15 is 0 Å². The summed E-state index contributed by atoms with van der Waals surface area (Å²) < 4.78 is 28.5. The Hall–Kier alpha value is -3.02. The summed E-state index contributed by atoms with van der Waals surface area (Å²) in [4.78, 5) is 29.2. The average Bonchev–Trinajstić information content (AvgIpc) is 3.44. The van der Waals surface area contributed by atoms with Crippen LogP contribution in [0.4, 0.5) is 5.82 Å². The van der Waals surface area contributed by atoms with Crippen LogP contribution in [-0.4, -0.2) is 65.7 Å². The van der Waals surface area contributed by atoms with Crippen LogP contribution in [0.1, 0.15) is 25.5 Å². The van der Waals surface area contributed by atoms with Gasteiger partial charge in [0.2, 0.25) is 15.9 Å². The number of nitrogens with one attached hydrogen (secondary N) is 2. The van der Waals surface area contributed by atoms with Crippen LogP contribution < -0.4 is 9.62 Å². The third kappa shape index (κ3) is 4.04. The fourth-order valence-electron chi connectivity index (χ4n) is 4.53. The lowest BCUT2D eigenvalue weighted by Crippen LogP contribution is -2.51. The zero-order valence-electron chi connectivity index (χ0n) is 18.4. The monoisotopic (exact) mass is 502 g/mol. The van der Waals surface area contributed by atoms with Crippen molar-refractivity contribution < 1.29 is 18.0 Å². The minimum Gasteiger partial charge on any atom is -0.329 e. The van der Waals surface area contributed by atoms with Gasteiger partial charge in [-0.15, -0.1) is 5.10 Å². The van der Waals surface area contributed by atoms with Crippen LogP contribution in [0.2, 0.25) is 5.02 Å². The molecule has 2 aliphatic rings. The van der Waals surface area contributed by atoms with Gasteiger partial charge in [-0.25, -0.2) is 8.42 Å². The Kier molecular flexibility index (Phi) is 5.78. The van der Waals surface area contributed by atoms with E-state index in [-0.39, 0.29) is 23.8 Å². The number of aryl methyl sites for hydroxylation is 1. The zero-order valence-corrected chi connectivity index (χ0v) is 19.9. The minimum absolute atomic E-state index is 0.0598. The predicted octanol–water partition coefficient (Wildman–Crippen LogP) is 1.86. The van der Waals surface area contributed by atoms with Crippen LogP contribution in [0.3, 0.4) is 0 Å². The number of sulfonamides is 1. The number of anilines is 1. The highest BCUT2D eigenvalue weighted by atomic mass is 35.5. The molecule has 0 radical (unpaired) electrons. The van der Waals surface area contributed by atoms with E-state index in [1.807, 2.05) is 0 Å². The molecule has 12 heteroatoms. The number of benzene rings is 2. The van der Waals surface area contributed by atoms with Crippen molar-refractivity contribution in [1.29, 1.82) is 0 Å². The molecule has 1 aromatic heterocycles. The van der Waals surface area contributed by atoms with Gasteiger partial charge >= 0.3 is 0 Å². The van der Waals surface area contributed by atoms with E-state index in [2.05, 4.69) is 20.1 Å². The van der Waals surface area contributed by atoms with Crippen LogP contribution in [0, 0.1) is 0 Å². The Morgan fingerprint density at radius 3 is 2.76 bits per heavy atom. The molecule has 34 heavy (non-hydrogen) atoms. The number of carbonyl (C=O) groups is 2. The topological polar surface area (TPSA) is 128 Å². The molecule has 2 aromatic carbocycles. The second-order valence-electron chi connectivity index (χ2n) is 8.51. The molecule has 2 atom stereocenters. The van der Waals surface area contributed by atoms with E-state index < -0.39 is 28.0 Å². The Bertz CT molecular complexity index is 1390. The Labute approximate surface area is 201 Å². The van der Waals surface area contributed by atoms with E-state index in [1.165, 1.54) is 11.0 Å². The second kappa shape index (κ2) is 8.64. The number of hydrogen-bond acceptors (Lipinski definition) is 6. The lowest BCUT2D eigenvalue weighted by molar-refractivity contribution is -0.136. The highest BCUT2D eigenvalue weighted by Gasteiger charge is 2.41. The number of amides is 2. The molecule has 0 saturated carbocycles. The maximum atomic E-state index is 13.2. The highest BCUT2D eigenvalue weighted by Crippen LogP contribution is 2.26. The highest BCUT2D eigenvalue weighted by molar-refractivity contribution is 7.89. The van der Waals surface area contributed by atoms with E-state index in [4.69, 9.17) is 11.6 Å². The Balaban J connectivity index is 1.30. The normalized spacial score (nSPS) is 19.5. The van der Waals surface area contributed by atoms with Crippen LogP contribution in [0.15, 0.2) is 41.3 Å². The van der Waals surface area contributed by atoms with Crippen LogP contribution in [-0.2, 0) is 26.0 Å². The molecular weight excluding hydrogens is 480 g/mol. The number of H-pyrrole nitrogens is 1. The van der Waals surface area contributed by atoms with Crippen molar-refractivity contribution in [3.63, 3.8) is 0 Å². The molecule has 2 amide bonds. The fraction of sp³-hybridized carbons (Fsp3) is 0.364. The van der Waals surface area contributed by atoms with Gasteiger partial charge in [-0.2, -0.15) is 15.0 Å². The van der Waals surface area contributed by atoms with Crippen molar-refractivity contribution in [2.45, 2.75) is 43.2 Å². The van der Waals surface area contributed by atoms with Gasteiger partial charge in [-0.3, -0.25) is 14.5 Å². The molecule has 1 saturated heterocycles. The van der Waals surface area contributed by atoms with Crippen molar-refractivity contribution in [2.24, 2.45) is 0 Å². The molecule has 5 rings (SSSR count). The van der Waals surface area contributed by atoms with Gasteiger partial charge in [0, 0.05) is 18.1 Å². The van der Waals surface area contributed by atoms with Gasteiger partial charge in [0.05, 0.1) is 4.90 Å². The summed E-state index contributed by atoms with van der Waals surface area (Å²) >= 11 is 6.00. The first-order chi connectivity index (χ1) is 16.2. The van der Waals surface area contributed by atoms with Gasteiger partial charge in [0.25, 0.3) is 5.91 Å². The first-order valence-electron chi connectivity index (χ1n) is 11.0. The third-order valence-electron chi connectivity index (χ3n) is 6.36. The van der Waals surface area contributed by atoms with Crippen molar-refractivity contribution in [1.82, 2.24) is 25.0 Å². The number of carbonyl (C=O) groups excluding carboxylic acids is 2. The van der Waals surface area contributed by atoms with Crippen LogP contribution in [0.25, 0.3) is 10.8 Å². The molecule has 0 aliphatic carbocycles. The Morgan fingerprint density at radius 2 is 1.94 bits per heavy atom. The molecular formula is C22H23ClN6O4S. The summed E-state index contributed by atoms with van der Waals surface area (Å²) in [6.07, 6.45) is 1.76. The maximum Gasteiger partial charge on any atom is 0.250 e. The Morgan fingerprint density at radius 1 is 1.18 bits per heavy atom. The number of fused-ring (bicyclic) bond motifs is 2. The molecule has 3 aromatic rings. The van der Waals surface area contributed by atoms with Crippen molar-refractivity contribution >= 4 is 50.0 Å². The smallest absolute Gasteiger partial charge is 0.250 e. The average molecular weight is 503 g/mol. The van der Waals surface area contributed by atoms with Crippen molar-refractivity contribution in [3.05, 3.63) is 47.1 Å². The standard InChI is InChI=1S/C22H23ClN6O4S/c1-13(21(30)29-9-2-3-18-20(29)25-27-24-18)28-10-8-19(22(28)31)26-34(32,33)17-7-5-14-11-16(23)6-4-15(14)12-17/h4-7,11-13,19,26H,2-3,8-10H2,1H3,(H,24,25,27)/t13-,19?/m0/s1. The lowest BCUT2D eigenvalue weighted by Gasteiger charge is -2.31. The SMILES string of the molecule is C[C@@H](C(=O)N1CCCc2n[nH]nc21)N1CCC(NS(=O)(=O)c2ccc3cc(Cl)ccc3c2)C1=O. The van der Waals surface area contributed by atoms with Gasteiger partial charge in [-0.1, -0.05) is 23.7 Å². The van der Waals surface area contributed by atoms with Crippen LogP contribution >= 0.6 is 11.6 Å². The van der Waals surface area contributed by atoms with Crippen molar-refractivity contribution in [3.8, 4) is 0 Å². The summed E-state index contributed by atoms with van der Waals surface area (Å²) in [6.45, 7) is 2.42. The van der Waals surface area contributed by atoms with E-state index in [9.17, 15) is 18.0 Å². The number of rotatable bonds is 5. The molecule has 2 aliphatic heterocycles. The van der Waals surface area contributed by atoms with E-state index in [1.54, 1.807) is 42.2 Å². The van der Waals surface area contributed by atoms with Crippen molar-refractivity contribution in [2.75, 3.05) is 18.0 Å². The number of aromatic amines is 1. The summed E-state index contributed by atoms with van der Waals surface area (Å²) in [7, 11) is -3.95. The summed E-state index contributed by atoms with van der Waals surface area (Å²) in [5, 5.41) is 12.8. The van der Waals surface area contributed by atoms with E-state index in [0.29, 0.717) is 17.4 Å². The number of hydrogen-bond donors (Lipinski definition) is 2. The summed E-state index contributed by atoms with van der Waals surface area (Å²) in [5.41, 5.74) is 0.725. The fourth-order valence-corrected chi connectivity index (χ4v) is 5.97. The van der Waals surface area contributed by atoms with Gasteiger partial charge in [0.15, 0.2) is 5.82 Å². The van der Waals surface area contributed by atoms with Gasteiger partial charge in [-0.05, 0) is 61.2 Å². The molecule has 10 nitrogen and oxygen atoms in total. The molecule has 0 spiro atoms. The molecule has 1 unspecified atom stereocenters. The van der Waals surface area contributed by atoms with Crippen LogP contribution in [0.5, 0.6) is 0 Å². The maximum absolute atomic E-state index is 13.2. The van der Waals surface area contributed by atoms with Gasteiger partial charge in [0.1, 0.15) is 17.8 Å². The number of aromatic nitrogens is 3. The third-order valence-corrected chi connectivity index (χ3v) is 8.07. The molecule has 1 fully saturated rings. The number of halogens is 1. The molecule has 3 heterocycles. The lowest BCUT2D eigenvalue weighted by atomic mass is 10.1. The molecule has 0 bridgehead atoms. The largest absolute Gasteiger partial charge is 0.329 e. The first kappa shape index (κ1) is 22.8. The number of likely N-dealkylation sites (tertiary alicyclic amines) is 1. The molecule has 2 N–H and O–H groups in total. The number of nitrogens with zero attached hydrogens (tertiary/aromatic N) is 4. The quantitative estimate of drug-likeness (QED) is 0.548. The van der Waals surface area contributed by atoms with Gasteiger partial charge < -0.3 is 4.90 Å². The summed E-state index contributed by atoms with van der Waals surface area (Å²) in [5.74, 6) is -0.195. The summed E-state index contributed by atoms with van der Waals surface area (Å²) in [6, 6.07) is 8.19. The van der Waals surface area contributed by atoms with E-state index in [0.717, 1.165) is 29.3 Å². The zero-order chi connectivity index (χ0) is 24.0.